The first kappa shape index (κ1) is 13.1. The predicted molar refractivity (Wildman–Crippen MR) is 70.4 cm³/mol. The average Bonchev–Trinajstić information content (AvgIpc) is 2.76. The first-order valence-corrected chi connectivity index (χ1v) is 6.24. The molecule has 0 aliphatic rings. The maximum Gasteiger partial charge on any atom is 0.193 e. The maximum atomic E-state index is 13.3. The van der Waals surface area contributed by atoms with Crippen LogP contribution in [-0.4, -0.2) is 6.54 Å². The fourth-order valence-corrected chi connectivity index (χ4v) is 2.07. The molecule has 0 aliphatic carbocycles. The highest BCUT2D eigenvalue weighted by Gasteiger charge is 2.17. The van der Waals surface area contributed by atoms with Crippen molar-refractivity contribution in [3.8, 4) is 0 Å². The van der Waals surface area contributed by atoms with E-state index in [9.17, 15) is 4.39 Å². The molecular formula is C14H15ClFNO. The number of hydrogen-bond donors (Lipinski definition) is 1. The molecule has 0 aliphatic heterocycles. The Kier molecular flexibility index (Phi) is 4.04. The smallest absolute Gasteiger partial charge is 0.193 e. The summed E-state index contributed by atoms with van der Waals surface area (Å²) in [7, 11) is 0. The van der Waals surface area contributed by atoms with Gasteiger partial charge in [-0.2, -0.15) is 0 Å². The Bertz CT molecular complexity index is 538. The molecule has 4 heteroatoms. The molecule has 2 aromatic rings. The summed E-state index contributed by atoms with van der Waals surface area (Å²) < 4.78 is 18.7. The van der Waals surface area contributed by atoms with Crippen molar-refractivity contribution in [2.24, 2.45) is 0 Å². The number of aryl methyl sites for hydroxylation is 1. The fraction of sp³-hybridized carbons (Fsp3) is 0.286. The summed E-state index contributed by atoms with van der Waals surface area (Å²) >= 11 is 5.79. The van der Waals surface area contributed by atoms with Gasteiger partial charge < -0.3 is 9.73 Å². The van der Waals surface area contributed by atoms with E-state index in [1.165, 1.54) is 6.07 Å². The van der Waals surface area contributed by atoms with E-state index in [1.54, 1.807) is 19.1 Å². The van der Waals surface area contributed by atoms with Gasteiger partial charge in [-0.05, 0) is 54.4 Å². The molecule has 0 radical (unpaired) electrons. The zero-order valence-electron chi connectivity index (χ0n) is 10.3. The van der Waals surface area contributed by atoms with Gasteiger partial charge in [0.15, 0.2) is 5.22 Å². The van der Waals surface area contributed by atoms with E-state index in [1.807, 2.05) is 19.1 Å². The second-order valence-corrected chi connectivity index (χ2v) is 4.51. The zero-order chi connectivity index (χ0) is 13.1. The summed E-state index contributed by atoms with van der Waals surface area (Å²) in [6.45, 7) is 4.53. The summed E-state index contributed by atoms with van der Waals surface area (Å²) in [5.41, 5.74) is 1.58. The van der Waals surface area contributed by atoms with Crippen LogP contribution in [0.3, 0.4) is 0 Å². The molecule has 0 fully saturated rings. The number of benzene rings is 1. The number of halogens is 2. The highest BCUT2D eigenvalue weighted by atomic mass is 35.5. The van der Waals surface area contributed by atoms with Crippen LogP contribution in [-0.2, 0) is 0 Å². The molecule has 1 heterocycles. The summed E-state index contributed by atoms with van der Waals surface area (Å²) in [6, 6.07) is 8.47. The van der Waals surface area contributed by atoms with Crippen LogP contribution in [0.4, 0.5) is 4.39 Å². The van der Waals surface area contributed by atoms with Crippen molar-refractivity contribution in [3.63, 3.8) is 0 Å². The third-order valence-corrected chi connectivity index (χ3v) is 3.01. The van der Waals surface area contributed by atoms with Crippen molar-refractivity contribution in [1.29, 1.82) is 0 Å². The molecule has 1 N–H and O–H groups in total. The second kappa shape index (κ2) is 5.55. The van der Waals surface area contributed by atoms with Crippen molar-refractivity contribution in [3.05, 3.63) is 58.3 Å². The lowest BCUT2D eigenvalue weighted by atomic mass is 10.0. The van der Waals surface area contributed by atoms with Gasteiger partial charge >= 0.3 is 0 Å². The van der Waals surface area contributed by atoms with E-state index in [4.69, 9.17) is 16.0 Å². The Morgan fingerprint density at radius 3 is 2.67 bits per heavy atom. The fourth-order valence-electron chi connectivity index (χ4n) is 1.92. The molecule has 18 heavy (non-hydrogen) atoms. The van der Waals surface area contributed by atoms with Crippen molar-refractivity contribution in [2.45, 2.75) is 19.9 Å². The monoisotopic (exact) mass is 267 g/mol. The van der Waals surface area contributed by atoms with Gasteiger partial charge in [0.1, 0.15) is 11.6 Å². The Labute approximate surface area is 111 Å². The zero-order valence-corrected chi connectivity index (χ0v) is 11.1. The van der Waals surface area contributed by atoms with Gasteiger partial charge in [-0.3, -0.25) is 0 Å². The van der Waals surface area contributed by atoms with Crippen molar-refractivity contribution >= 4 is 11.6 Å². The topological polar surface area (TPSA) is 25.2 Å². The van der Waals surface area contributed by atoms with E-state index in [0.29, 0.717) is 10.8 Å². The lowest BCUT2D eigenvalue weighted by Crippen LogP contribution is -2.21. The molecule has 0 saturated carbocycles. The third-order valence-electron chi connectivity index (χ3n) is 2.80. The Morgan fingerprint density at radius 2 is 2.11 bits per heavy atom. The van der Waals surface area contributed by atoms with Crippen molar-refractivity contribution in [1.82, 2.24) is 5.32 Å². The van der Waals surface area contributed by atoms with Crippen LogP contribution in [0.25, 0.3) is 0 Å². The molecule has 0 spiro atoms. The van der Waals surface area contributed by atoms with Gasteiger partial charge in [0.25, 0.3) is 0 Å². The number of furan rings is 1. The molecule has 0 bridgehead atoms. The van der Waals surface area contributed by atoms with Crippen LogP contribution in [0.15, 0.2) is 34.7 Å². The van der Waals surface area contributed by atoms with Crippen LogP contribution in [0.1, 0.15) is 29.9 Å². The van der Waals surface area contributed by atoms with Crippen LogP contribution < -0.4 is 5.32 Å². The molecule has 0 saturated heterocycles. The highest BCUT2D eigenvalue weighted by Crippen LogP contribution is 2.26. The molecule has 2 nitrogen and oxygen atoms in total. The summed E-state index contributed by atoms with van der Waals surface area (Å²) in [6.07, 6.45) is 0. The third kappa shape index (κ3) is 2.74. The number of rotatable bonds is 4. The average molecular weight is 268 g/mol. The molecule has 1 atom stereocenters. The van der Waals surface area contributed by atoms with E-state index >= 15 is 0 Å². The molecule has 1 aromatic carbocycles. The van der Waals surface area contributed by atoms with E-state index in [0.717, 1.165) is 17.9 Å². The minimum Gasteiger partial charge on any atom is -0.448 e. The largest absolute Gasteiger partial charge is 0.448 e. The van der Waals surface area contributed by atoms with E-state index in [-0.39, 0.29) is 11.9 Å². The van der Waals surface area contributed by atoms with E-state index in [2.05, 4.69) is 5.32 Å². The molecule has 2 rings (SSSR count). The van der Waals surface area contributed by atoms with Crippen molar-refractivity contribution < 1.29 is 8.81 Å². The first-order chi connectivity index (χ1) is 8.61. The Morgan fingerprint density at radius 1 is 1.33 bits per heavy atom. The summed E-state index contributed by atoms with van der Waals surface area (Å²) in [5.74, 6) is 0.527. The van der Waals surface area contributed by atoms with Gasteiger partial charge in [-0.15, -0.1) is 0 Å². The van der Waals surface area contributed by atoms with Gasteiger partial charge in [0.05, 0.1) is 6.04 Å². The predicted octanol–water partition coefficient (Wildman–Crippen LogP) is 4.08. The second-order valence-electron chi connectivity index (χ2n) is 4.14. The highest BCUT2D eigenvalue weighted by molar-refractivity contribution is 6.28. The lowest BCUT2D eigenvalue weighted by Gasteiger charge is -2.16. The van der Waals surface area contributed by atoms with Crippen LogP contribution in [0.2, 0.25) is 5.22 Å². The molecule has 0 amide bonds. The number of hydrogen-bond acceptors (Lipinski definition) is 2. The van der Waals surface area contributed by atoms with Gasteiger partial charge in [0.2, 0.25) is 0 Å². The van der Waals surface area contributed by atoms with Crippen LogP contribution in [0.5, 0.6) is 0 Å². The summed E-state index contributed by atoms with van der Waals surface area (Å²) in [5, 5.41) is 3.65. The van der Waals surface area contributed by atoms with Crippen LogP contribution >= 0.6 is 11.6 Å². The Balaban J connectivity index is 2.37. The minimum absolute atomic E-state index is 0.109. The van der Waals surface area contributed by atoms with E-state index < -0.39 is 0 Å². The maximum absolute atomic E-state index is 13.3. The van der Waals surface area contributed by atoms with Crippen LogP contribution in [0, 0.1) is 12.7 Å². The molecule has 1 unspecified atom stereocenters. The Hall–Kier alpha value is -1.32. The SMILES string of the molecule is CCNC(c1ccc(F)c(C)c1)c1ccc(Cl)o1. The van der Waals surface area contributed by atoms with Gasteiger partial charge in [-0.25, -0.2) is 4.39 Å². The minimum atomic E-state index is -0.202. The van der Waals surface area contributed by atoms with Crippen molar-refractivity contribution in [2.75, 3.05) is 6.54 Å². The summed E-state index contributed by atoms with van der Waals surface area (Å²) in [4.78, 5) is 0. The normalized spacial score (nSPS) is 12.7. The van der Waals surface area contributed by atoms with Gasteiger partial charge in [0, 0.05) is 0 Å². The number of nitrogens with one attached hydrogen (secondary N) is 1. The molecular weight excluding hydrogens is 253 g/mol. The standard InChI is InChI=1S/C14H15ClFNO/c1-3-17-14(12-6-7-13(15)18-12)10-4-5-11(16)9(2)8-10/h4-8,14,17H,3H2,1-2H3. The lowest BCUT2D eigenvalue weighted by molar-refractivity contribution is 0.453. The molecule has 1 aromatic heterocycles. The first-order valence-electron chi connectivity index (χ1n) is 5.86. The van der Waals surface area contributed by atoms with Gasteiger partial charge in [-0.1, -0.05) is 19.1 Å². The quantitative estimate of drug-likeness (QED) is 0.903. The molecule has 96 valence electrons.